The van der Waals surface area contributed by atoms with Gasteiger partial charge in [-0.15, -0.1) is 0 Å². The van der Waals surface area contributed by atoms with Crippen molar-refractivity contribution in [2.24, 2.45) is 0 Å². The fraction of sp³-hybridized carbons (Fsp3) is 0.538. The predicted molar refractivity (Wildman–Crippen MR) is 62.5 cm³/mol. The average molecular weight is 259 g/mol. The van der Waals surface area contributed by atoms with Crippen LogP contribution < -0.4 is 0 Å². The van der Waals surface area contributed by atoms with Gasteiger partial charge in [0, 0.05) is 0 Å². The first-order valence-electron chi connectivity index (χ1n) is 6.05. The van der Waals surface area contributed by atoms with Crippen molar-refractivity contribution in [2.45, 2.75) is 25.2 Å². The highest BCUT2D eigenvalue weighted by atomic mass is 19.3. The Labute approximate surface area is 104 Å². The fourth-order valence-corrected chi connectivity index (χ4v) is 2.47. The van der Waals surface area contributed by atoms with E-state index in [1.165, 1.54) is 18.2 Å². The topological polar surface area (TPSA) is 23.5 Å². The summed E-state index contributed by atoms with van der Waals surface area (Å²) >= 11 is 0. The number of rotatable bonds is 3. The molecule has 0 amide bonds. The molecule has 0 unspecified atom stereocenters. The van der Waals surface area contributed by atoms with Crippen molar-refractivity contribution >= 4 is 0 Å². The van der Waals surface area contributed by atoms with Crippen molar-refractivity contribution in [1.82, 2.24) is 4.90 Å². The molecule has 2 rings (SSSR count). The fourth-order valence-electron chi connectivity index (χ4n) is 2.47. The first-order valence-corrected chi connectivity index (χ1v) is 6.05. The zero-order chi connectivity index (χ0) is 13.1. The number of halogens is 3. The molecule has 0 saturated carbocycles. The predicted octanol–water partition coefficient (Wildman–Crippen LogP) is 2.98. The third-order valence-electron chi connectivity index (χ3n) is 3.40. The number of hydrogen-bond acceptors (Lipinski definition) is 2. The second-order valence-electron chi connectivity index (χ2n) is 4.67. The molecule has 1 saturated heterocycles. The van der Waals surface area contributed by atoms with E-state index in [0.29, 0.717) is 31.5 Å². The number of benzene rings is 1. The molecule has 0 aromatic heterocycles. The SMILES string of the molecule is Oc1ccc(F)c(C2CCN(CC(F)F)CC2)c1. The Kier molecular flexibility index (Phi) is 4.11. The summed E-state index contributed by atoms with van der Waals surface area (Å²) in [5, 5.41) is 9.36. The summed E-state index contributed by atoms with van der Waals surface area (Å²) in [6.45, 7) is 0.878. The molecule has 0 aliphatic carbocycles. The molecule has 18 heavy (non-hydrogen) atoms. The lowest BCUT2D eigenvalue weighted by atomic mass is 9.89. The van der Waals surface area contributed by atoms with Crippen LogP contribution in [0.2, 0.25) is 0 Å². The van der Waals surface area contributed by atoms with Crippen LogP contribution >= 0.6 is 0 Å². The number of likely N-dealkylation sites (tertiary alicyclic amines) is 1. The van der Waals surface area contributed by atoms with Crippen molar-refractivity contribution in [2.75, 3.05) is 19.6 Å². The minimum Gasteiger partial charge on any atom is -0.508 e. The number of nitrogens with zero attached hydrogens (tertiary/aromatic N) is 1. The van der Waals surface area contributed by atoms with Gasteiger partial charge >= 0.3 is 0 Å². The molecular formula is C13H16F3NO. The van der Waals surface area contributed by atoms with E-state index in [-0.39, 0.29) is 24.0 Å². The van der Waals surface area contributed by atoms with Crippen LogP contribution in [-0.4, -0.2) is 36.1 Å². The van der Waals surface area contributed by atoms with E-state index >= 15 is 0 Å². The normalized spacial score (nSPS) is 18.4. The molecule has 1 heterocycles. The van der Waals surface area contributed by atoms with Crippen molar-refractivity contribution in [1.29, 1.82) is 0 Å². The van der Waals surface area contributed by atoms with Crippen LogP contribution in [0, 0.1) is 5.82 Å². The number of hydrogen-bond donors (Lipinski definition) is 1. The third-order valence-corrected chi connectivity index (χ3v) is 3.40. The summed E-state index contributed by atoms with van der Waals surface area (Å²) in [5.41, 5.74) is 0.492. The lowest BCUT2D eigenvalue weighted by Gasteiger charge is -2.32. The van der Waals surface area contributed by atoms with Gasteiger partial charge in [-0.2, -0.15) is 0 Å². The van der Waals surface area contributed by atoms with E-state index in [9.17, 15) is 18.3 Å². The van der Waals surface area contributed by atoms with Crippen LogP contribution in [0.3, 0.4) is 0 Å². The van der Waals surface area contributed by atoms with Gasteiger partial charge in [0.25, 0.3) is 6.43 Å². The molecule has 2 nitrogen and oxygen atoms in total. The molecule has 1 N–H and O–H groups in total. The smallest absolute Gasteiger partial charge is 0.251 e. The van der Waals surface area contributed by atoms with Crippen LogP contribution in [0.25, 0.3) is 0 Å². The molecule has 100 valence electrons. The van der Waals surface area contributed by atoms with Gasteiger partial charge in [0.2, 0.25) is 0 Å². The Morgan fingerprint density at radius 2 is 1.94 bits per heavy atom. The Bertz CT molecular complexity index is 403. The van der Waals surface area contributed by atoms with Gasteiger partial charge in [-0.1, -0.05) is 0 Å². The van der Waals surface area contributed by atoms with Gasteiger partial charge in [0.1, 0.15) is 11.6 Å². The number of phenolic OH excluding ortho intramolecular Hbond substituents is 1. The van der Waals surface area contributed by atoms with Gasteiger partial charge in [0.05, 0.1) is 6.54 Å². The van der Waals surface area contributed by atoms with Crippen LogP contribution in [0.15, 0.2) is 18.2 Å². The second kappa shape index (κ2) is 5.61. The largest absolute Gasteiger partial charge is 0.508 e. The highest BCUT2D eigenvalue weighted by Gasteiger charge is 2.24. The van der Waals surface area contributed by atoms with E-state index in [4.69, 9.17) is 0 Å². The molecule has 0 atom stereocenters. The molecule has 1 aromatic carbocycles. The van der Waals surface area contributed by atoms with Crippen LogP contribution in [-0.2, 0) is 0 Å². The third kappa shape index (κ3) is 3.16. The zero-order valence-corrected chi connectivity index (χ0v) is 9.95. The first kappa shape index (κ1) is 13.2. The summed E-state index contributed by atoms with van der Waals surface area (Å²) in [5.74, 6) is -0.285. The van der Waals surface area contributed by atoms with Crippen molar-refractivity contribution < 1.29 is 18.3 Å². The molecule has 1 aromatic rings. The van der Waals surface area contributed by atoms with Gasteiger partial charge in [-0.05, 0) is 55.6 Å². The maximum absolute atomic E-state index is 13.6. The van der Waals surface area contributed by atoms with Crippen molar-refractivity contribution in [3.63, 3.8) is 0 Å². The molecular weight excluding hydrogens is 243 g/mol. The monoisotopic (exact) mass is 259 g/mol. The van der Waals surface area contributed by atoms with Crippen LogP contribution in [0.1, 0.15) is 24.3 Å². The minimum atomic E-state index is -2.32. The van der Waals surface area contributed by atoms with Crippen LogP contribution in [0.5, 0.6) is 5.75 Å². The second-order valence-corrected chi connectivity index (χ2v) is 4.67. The first-order chi connectivity index (χ1) is 8.56. The molecule has 0 radical (unpaired) electrons. The lowest BCUT2D eigenvalue weighted by molar-refractivity contribution is 0.0752. The molecule has 1 fully saturated rings. The van der Waals surface area contributed by atoms with Gasteiger partial charge < -0.3 is 5.11 Å². The Morgan fingerprint density at radius 1 is 1.28 bits per heavy atom. The van der Waals surface area contributed by atoms with E-state index in [2.05, 4.69) is 0 Å². The number of phenols is 1. The van der Waals surface area contributed by atoms with E-state index < -0.39 is 6.43 Å². The summed E-state index contributed by atoms with van der Waals surface area (Å²) in [6, 6.07) is 3.99. The summed E-state index contributed by atoms with van der Waals surface area (Å²) < 4.78 is 38.1. The van der Waals surface area contributed by atoms with Crippen molar-refractivity contribution in [3.8, 4) is 5.75 Å². The van der Waals surface area contributed by atoms with Gasteiger partial charge in [-0.25, -0.2) is 13.2 Å². The zero-order valence-electron chi connectivity index (χ0n) is 9.95. The van der Waals surface area contributed by atoms with E-state index in [1.54, 1.807) is 4.90 Å². The quantitative estimate of drug-likeness (QED) is 0.902. The maximum Gasteiger partial charge on any atom is 0.251 e. The Hall–Kier alpha value is -1.23. The molecule has 0 spiro atoms. The van der Waals surface area contributed by atoms with E-state index in [1.807, 2.05) is 0 Å². The lowest BCUT2D eigenvalue weighted by Crippen LogP contribution is -2.36. The number of aromatic hydroxyl groups is 1. The highest BCUT2D eigenvalue weighted by molar-refractivity contribution is 5.31. The molecule has 1 aliphatic rings. The van der Waals surface area contributed by atoms with Gasteiger partial charge in [0.15, 0.2) is 0 Å². The summed E-state index contributed by atoms with van der Waals surface area (Å²) in [7, 11) is 0. The Morgan fingerprint density at radius 3 is 2.56 bits per heavy atom. The molecule has 5 heteroatoms. The van der Waals surface area contributed by atoms with Crippen LogP contribution in [0.4, 0.5) is 13.2 Å². The van der Waals surface area contributed by atoms with E-state index in [0.717, 1.165) is 0 Å². The average Bonchev–Trinajstić information content (AvgIpc) is 2.33. The minimum absolute atomic E-state index is 0.00558. The number of alkyl halides is 2. The molecule has 0 bridgehead atoms. The summed E-state index contributed by atoms with van der Waals surface area (Å²) in [4.78, 5) is 1.70. The molecule has 1 aliphatic heterocycles. The summed E-state index contributed by atoms with van der Waals surface area (Å²) in [6.07, 6.45) is -1.03. The maximum atomic E-state index is 13.6. The highest BCUT2D eigenvalue weighted by Crippen LogP contribution is 2.31. The van der Waals surface area contributed by atoms with Crippen molar-refractivity contribution in [3.05, 3.63) is 29.6 Å². The van der Waals surface area contributed by atoms with Gasteiger partial charge in [-0.3, -0.25) is 4.90 Å². The Balaban J connectivity index is 1.99. The standard InChI is InChI=1S/C13H16F3NO/c14-12-2-1-10(18)7-11(12)9-3-5-17(6-4-9)8-13(15)16/h1-2,7,9,13,18H,3-6,8H2. The number of piperidine rings is 1.